The van der Waals surface area contributed by atoms with Crippen molar-refractivity contribution in [2.24, 2.45) is 11.3 Å². The summed E-state index contributed by atoms with van der Waals surface area (Å²) in [6, 6.07) is 2.11. The van der Waals surface area contributed by atoms with Gasteiger partial charge in [0.15, 0.2) is 0 Å². The van der Waals surface area contributed by atoms with Gasteiger partial charge in [-0.15, -0.1) is 11.3 Å². The number of nitrogens with one attached hydrogen (secondary N) is 1. The van der Waals surface area contributed by atoms with E-state index in [1.54, 1.807) is 11.3 Å². The maximum Gasteiger partial charge on any atom is 0.261 e. The number of hydrogen-bond donors (Lipinski definition) is 1. The first kappa shape index (κ1) is 18.4. The van der Waals surface area contributed by atoms with Crippen molar-refractivity contribution >= 4 is 23.2 Å². The molecular weight excluding hydrogens is 332 g/mol. The van der Waals surface area contributed by atoms with Crippen LogP contribution >= 0.6 is 11.3 Å². The third-order valence-electron chi connectivity index (χ3n) is 5.59. The van der Waals surface area contributed by atoms with Crippen LogP contribution in [0, 0.1) is 11.3 Å². The van der Waals surface area contributed by atoms with Gasteiger partial charge < -0.3 is 10.2 Å². The minimum atomic E-state index is 0.0412. The number of carbonyl (C=O) groups is 2. The SMILES string of the molecule is CC(C)(C)C1CCc2sc(C(=O)NCCCN3CCCC3=O)cc2C1. The lowest BCUT2D eigenvalue weighted by molar-refractivity contribution is -0.127. The number of thiophene rings is 1. The Hall–Kier alpha value is -1.36. The highest BCUT2D eigenvalue weighted by Crippen LogP contribution is 2.40. The van der Waals surface area contributed by atoms with Gasteiger partial charge >= 0.3 is 0 Å². The first-order valence-electron chi connectivity index (χ1n) is 9.52. The van der Waals surface area contributed by atoms with Gasteiger partial charge in [0.1, 0.15) is 0 Å². The second-order valence-corrected chi connectivity index (χ2v) is 9.60. The standard InChI is InChI=1S/C20H30N2O2S/c1-20(2,3)15-7-8-16-14(12-15)13-17(25-16)19(24)21-9-5-11-22-10-4-6-18(22)23/h13,15H,4-12H2,1-3H3,(H,21,24). The van der Waals surface area contributed by atoms with Crippen molar-refractivity contribution < 1.29 is 9.59 Å². The summed E-state index contributed by atoms with van der Waals surface area (Å²) in [5.41, 5.74) is 1.71. The van der Waals surface area contributed by atoms with Gasteiger partial charge in [-0.25, -0.2) is 0 Å². The minimum absolute atomic E-state index is 0.0412. The molecule has 2 heterocycles. The molecule has 1 unspecified atom stereocenters. The smallest absolute Gasteiger partial charge is 0.261 e. The number of fused-ring (bicyclic) bond motifs is 1. The van der Waals surface area contributed by atoms with Crippen molar-refractivity contribution in [2.75, 3.05) is 19.6 Å². The number of nitrogens with zero attached hydrogens (tertiary/aromatic N) is 1. The van der Waals surface area contributed by atoms with Crippen LogP contribution in [0.2, 0.25) is 0 Å². The Labute approximate surface area is 155 Å². The molecule has 1 N–H and O–H groups in total. The third kappa shape index (κ3) is 4.43. The maximum absolute atomic E-state index is 12.4. The minimum Gasteiger partial charge on any atom is -0.351 e. The summed E-state index contributed by atoms with van der Waals surface area (Å²) in [5, 5.41) is 3.02. The molecule has 0 saturated carbocycles. The van der Waals surface area contributed by atoms with Crippen LogP contribution in [0.4, 0.5) is 0 Å². The molecule has 0 spiro atoms. The average Bonchev–Trinajstić information content (AvgIpc) is 3.15. The summed E-state index contributed by atoms with van der Waals surface area (Å²) in [6.45, 7) is 9.21. The van der Waals surface area contributed by atoms with Gasteiger partial charge in [-0.1, -0.05) is 20.8 Å². The molecule has 1 aromatic rings. The predicted octanol–water partition coefficient (Wildman–Crippen LogP) is 3.64. The van der Waals surface area contributed by atoms with Crippen LogP contribution in [0.25, 0.3) is 0 Å². The van der Waals surface area contributed by atoms with E-state index in [0.717, 1.165) is 43.6 Å². The van der Waals surface area contributed by atoms with Crippen molar-refractivity contribution in [3.05, 3.63) is 21.4 Å². The fourth-order valence-electron chi connectivity index (χ4n) is 3.87. The molecule has 1 aliphatic heterocycles. The molecule has 1 fully saturated rings. The van der Waals surface area contributed by atoms with Gasteiger partial charge in [0.05, 0.1) is 4.88 Å². The summed E-state index contributed by atoms with van der Waals surface area (Å²) in [4.78, 5) is 28.1. The highest BCUT2D eigenvalue weighted by atomic mass is 32.1. The molecule has 0 radical (unpaired) electrons. The van der Waals surface area contributed by atoms with Crippen LogP contribution < -0.4 is 5.32 Å². The van der Waals surface area contributed by atoms with Crippen LogP contribution in [0.3, 0.4) is 0 Å². The molecular formula is C20H30N2O2S. The molecule has 4 nitrogen and oxygen atoms in total. The second kappa shape index (κ2) is 7.48. The first-order chi connectivity index (χ1) is 11.8. The number of aryl methyl sites for hydroxylation is 1. The number of likely N-dealkylation sites (tertiary alicyclic amines) is 1. The van der Waals surface area contributed by atoms with Gasteiger partial charge in [-0.3, -0.25) is 9.59 Å². The zero-order valence-corrected chi connectivity index (χ0v) is 16.5. The second-order valence-electron chi connectivity index (χ2n) is 8.46. The molecule has 3 rings (SSSR count). The number of hydrogen-bond acceptors (Lipinski definition) is 3. The van der Waals surface area contributed by atoms with E-state index in [-0.39, 0.29) is 11.8 Å². The van der Waals surface area contributed by atoms with Crippen molar-refractivity contribution in [3.8, 4) is 0 Å². The topological polar surface area (TPSA) is 49.4 Å². The van der Waals surface area contributed by atoms with Gasteiger partial charge in [0.25, 0.3) is 5.91 Å². The molecule has 2 aliphatic rings. The Morgan fingerprint density at radius 3 is 2.84 bits per heavy atom. The lowest BCUT2D eigenvalue weighted by Gasteiger charge is -2.33. The molecule has 25 heavy (non-hydrogen) atoms. The van der Waals surface area contributed by atoms with Crippen LogP contribution in [0.5, 0.6) is 0 Å². The summed E-state index contributed by atoms with van der Waals surface area (Å²) >= 11 is 1.66. The van der Waals surface area contributed by atoms with Crippen molar-refractivity contribution in [3.63, 3.8) is 0 Å². The molecule has 5 heteroatoms. The quantitative estimate of drug-likeness (QED) is 0.813. The fourth-order valence-corrected chi connectivity index (χ4v) is 5.00. The first-order valence-corrected chi connectivity index (χ1v) is 10.3. The van der Waals surface area contributed by atoms with E-state index >= 15 is 0 Å². The lowest BCUT2D eigenvalue weighted by atomic mass is 9.72. The van der Waals surface area contributed by atoms with E-state index in [1.165, 1.54) is 16.9 Å². The summed E-state index contributed by atoms with van der Waals surface area (Å²) < 4.78 is 0. The molecule has 138 valence electrons. The zero-order chi connectivity index (χ0) is 18.0. The average molecular weight is 363 g/mol. The fraction of sp³-hybridized carbons (Fsp3) is 0.700. The molecule has 2 amide bonds. The Bertz CT molecular complexity index is 645. The van der Waals surface area contributed by atoms with Crippen molar-refractivity contribution in [1.82, 2.24) is 10.2 Å². The van der Waals surface area contributed by atoms with E-state index in [4.69, 9.17) is 0 Å². The Morgan fingerprint density at radius 2 is 2.16 bits per heavy atom. The van der Waals surface area contributed by atoms with Gasteiger partial charge in [0.2, 0.25) is 5.91 Å². The molecule has 1 aliphatic carbocycles. The molecule has 0 bridgehead atoms. The molecule has 1 aromatic heterocycles. The molecule has 1 atom stereocenters. The van der Waals surface area contributed by atoms with E-state index in [1.807, 2.05) is 4.90 Å². The van der Waals surface area contributed by atoms with Crippen molar-refractivity contribution in [1.29, 1.82) is 0 Å². The maximum atomic E-state index is 12.4. The Morgan fingerprint density at radius 1 is 1.36 bits per heavy atom. The molecule has 0 aromatic carbocycles. The third-order valence-corrected chi connectivity index (χ3v) is 6.83. The highest BCUT2D eigenvalue weighted by Gasteiger charge is 2.30. The summed E-state index contributed by atoms with van der Waals surface area (Å²) in [5.74, 6) is 0.994. The monoisotopic (exact) mass is 362 g/mol. The van der Waals surface area contributed by atoms with Crippen LogP contribution in [0.1, 0.15) is 66.6 Å². The van der Waals surface area contributed by atoms with Crippen LogP contribution in [-0.4, -0.2) is 36.3 Å². The van der Waals surface area contributed by atoms with E-state index in [9.17, 15) is 9.59 Å². The van der Waals surface area contributed by atoms with E-state index in [0.29, 0.717) is 24.3 Å². The summed E-state index contributed by atoms with van der Waals surface area (Å²) in [6.07, 6.45) is 5.91. The number of rotatable bonds is 5. The zero-order valence-electron chi connectivity index (χ0n) is 15.7. The molecule has 1 saturated heterocycles. The number of amides is 2. The van der Waals surface area contributed by atoms with Crippen LogP contribution in [0.15, 0.2) is 6.07 Å². The lowest BCUT2D eigenvalue weighted by Crippen LogP contribution is -2.30. The van der Waals surface area contributed by atoms with Crippen LogP contribution in [-0.2, 0) is 17.6 Å². The Balaban J connectivity index is 1.49. The van der Waals surface area contributed by atoms with E-state index < -0.39 is 0 Å². The van der Waals surface area contributed by atoms with Gasteiger partial charge in [0, 0.05) is 30.9 Å². The van der Waals surface area contributed by atoms with E-state index in [2.05, 4.69) is 32.2 Å². The van der Waals surface area contributed by atoms with Crippen molar-refractivity contribution in [2.45, 2.75) is 59.3 Å². The van der Waals surface area contributed by atoms with Gasteiger partial charge in [-0.2, -0.15) is 0 Å². The number of carbonyl (C=O) groups excluding carboxylic acids is 2. The normalized spacial score (nSPS) is 20.7. The van der Waals surface area contributed by atoms with Gasteiger partial charge in [-0.05, 0) is 55.1 Å². The highest BCUT2D eigenvalue weighted by molar-refractivity contribution is 7.14. The Kier molecular flexibility index (Phi) is 5.52. The summed E-state index contributed by atoms with van der Waals surface area (Å²) in [7, 11) is 0. The predicted molar refractivity (Wildman–Crippen MR) is 102 cm³/mol. The largest absolute Gasteiger partial charge is 0.351 e.